The molecule has 0 aliphatic heterocycles. The Bertz CT molecular complexity index is 3490. The average Bonchev–Trinajstić information content (AvgIpc) is 3.87. The summed E-state index contributed by atoms with van der Waals surface area (Å²) in [6.07, 6.45) is 7.69. The summed E-state index contributed by atoms with van der Waals surface area (Å²) in [5.74, 6) is 0.879. The molecule has 58 heavy (non-hydrogen) atoms. The smallest absolute Gasteiger partial charge is 0.160 e. The van der Waals surface area contributed by atoms with Gasteiger partial charge in [-0.1, -0.05) is 133 Å². The number of aromatic nitrogens is 3. The number of pyridine rings is 1. The molecule has 0 radical (unpaired) electrons. The molecule has 1 aliphatic carbocycles. The first kappa shape index (κ1) is 32.6. The van der Waals surface area contributed by atoms with E-state index in [0.717, 1.165) is 106 Å². The molecule has 0 spiro atoms. The molecule has 5 nitrogen and oxygen atoms in total. The third-order valence-electron chi connectivity index (χ3n) is 11.6. The number of rotatable bonds is 5. The van der Waals surface area contributed by atoms with E-state index in [1.165, 1.54) is 10.9 Å². The second-order valence-electron chi connectivity index (χ2n) is 15.0. The van der Waals surface area contributed by atoms with Crippen molar-refractivity contribution in [3.63, 3.8) is 0 Å². The summed E-state index contributed by atoms with van der Waals surface area (Å²) in [7, 11) is 0. The van der Waals surface area contributed by atoms with Gasteiger partial charge in [0.05, 0.1) is 22.6 Å². The fourth-order valence-electron chi connectivity index (χ4n) is 8.87. The molecular formula is C53H33N3O2. The zero-order chi connectivity index (χ0) is 38.2. The molecule has 0 saturated heterocycles. The molecule has 4 heterocycles. The number of furan rings is 2. The van der Waals surface area contributed by atoms with E-state index in [2.05, 4.69) is 133 Å². The van der Waals surface area contributed by atoms with E-state index in [0.29, 0.717) is 5.82 Å². The molecule has 5 heteroatoms. The number of nitrogens with zero attached hydrogens (tertiary/aromatic N) is 3. The van der Waals surface area contributed by atoms with Gasteiger partial charge < -0.3 is 8.83 Å². The van der Waals surface area contributed by atoms with E-state index >= 15 is 0 Å². The van der Waals surface area contributed by atoms with Crippen LogP contribution in [0, 0.1) is 0 Å². The van der Waals surface area contributed by atoms with Crippen LogP contribution in [0.5, 0.6) is 0 Å². The molecule has 0 amide bonds. The van der Waals surface area contributed by atoms with Crippen molar-refractivity contribution in [1.82, 2.24) is 15.0 Å². The lowest BCUT2D eigenvalue weighted by molar-refractivity contribution is 0.668. The first-order valence-corrected chi connectivity index (χ1v) is 19.7. The Labute approximate surface area is 333 Å². The summed E-state index contributed by atoms with van der Waals surface area (Å²) in [6, 6.07) is 56.6. The second-order valence-corrected chi connectivity index (χ2v) is 15.0. The minimum absolute atomic E-state index is 0.187. The van der Waals surface area contributed by atoms with Crippen molar-refractivity contribution in [3.8, 4) is 33.9 Å². The highest BCUT2D eigenvalue weighted by atomic mass is 16.3. The third-order valence-corrected chi connectivity index (χ3v) is 11.6. The largest absolute Gasteiger partial charge is 0.456 e. The molecule has 1 aliphatic rings. The van der Waals surface area contributed by atoms with Crippen LogP contribution in [0.2, 0.25) is 0 Å². The summed E-state index contributed by atoms with van der Waals surface area (Å²) >= 11 is 0. The first-order chi connectivity index (χ1) is 28.7. The number of para-hydroxylation sites is 2. The maximum Gasteiger partial charge on any atom is 0.160 e. The molecule has 4 aromatic heterocycles. The van der Waals surface area contributed by atoms with Gasteiger partial charge in [0, 0.05) is 60.3 Å². The molecule has 7 aromatic carbocycles. The first-order valence-electron chi connectivity index (χ1n) is 19.7. The van der Waals surface area contributed by atoms with Gasteiger partial charge >= 0.3 is 0 Å². The van der Waals surface area contributed by atoms with Gasteiger partial charge in [0.2, 0.25) is 0 Å². The standard InChI is InChI=1S/C53H33N3O2/c1-3-12-34(13-4-1)52-40-27-29-48-51(50(40)37-16-7-9-19-42(37)54-52)41-30-36(26-28-46(41)58-48)32-22-24-33(25-23-32)43-31-44(56-53(55-43)35-14-5-2-6-15-35)38-18-11-21-47-49(38)39-17-8-10-20-45(39)57-47/h1-22,24-32H,23H2. The van der Waals surface area contributed by atoms with E-state index in [-0.39, 0.29) is 5.92 Å². The summed E-state index contributed by atoms with van der Waals surface area (Å²) in [5, 5.41) is 7.79. The monoisotopic (exact) mass is 743 g/mol. The maximum absolute atomic E-state index is 6.54. The molecule has 1 unspecified atom stereocenters. The van der Waals surface area contributed by atoms with Crippen LogP contribution in [0.4, 0.5) is 0 Å². The molecule has 0 saturated carbocycles. The summed E-state index contributed by atoms with van der Waals surface area (Å²) in [4.78, 5) is 15.5. The summed E-state index contributed by atoms with van der Waals surface area (Å²) in [5.41, 5.74) is 12.6. The van der Waals surface area contributed by atoms with Crippen molar-refractivity contribution in [2.45, 2.75) is 12.3 Å². The van der Waals surface area contributed by atoms with Gasteiger partial charge in [0.15, 0.2) is 5.82 Å². The van der Waals surface area contributed by atoms with Gasteiger partial charge in [0.1, 0.15) is 22.3 Å². The zero-order valence-corrected chi connectivity index (χ0v) is 31.3. The molecule has 11 aromatic rings. The second kappa shape index (κ2) is 13.0. The lowest BCUT2D eigenvalue weighted by Crippen LogP contribution is -2.02. The highest BCUT2D eigenvalue weighted by Crippen LogP contribution is 2.43. The van der Waals surface area contributed by atoms with Gasteiger partial charge in [-0.2, -0.15) is 0 Å². The Kier molecular flexibility index (Phi) is 7.29. The fourth-order valence-corrected chi connectivity index (χ4v) is 8.87. The number of hydrogen-bond donors (Lipinski definition) is 0. The van der Waals surface area contributed by atoms with Crippen LogP contribution in [0.1, 0.15) is 23.6 Å². The number of fused-ring (bicyclic) bond motifs is 10. The van der Waals surface area contributed by atoms with Crippen LogP contribution in [0.3, 0.4) is 0 Å². The predicted octanol–water partition coefficient (Wildman–Crippen LogP) is 14.1. The van der Waals surface area contributed by atoms with E-state index in [9.17, 15) is 0 Å². The van der Waals surface area contributed by atoms with Crippen LogP contribution >= 0.6 is 0 Å². The molecule has 0 fully saturated rings. The molecule has 0 bridgehead atoms. The maximum atomic E-state index is 6.54. The Hall–Kier alpha value is -7.63. The molecule has 0 N–H and O–H groups in total. The molecule has 272 valence electrons. The van der Waals surface area contributed by atoms with Crippen molar-refractivity contribution >= 4 is 71.1 Å². The van der Waals surface area contributed by atoms with Crippen LogP contribution in [0.15, 0.2) is 191 Å². The number of hydrogen-bond acceptors (Lipinski definition) is 5. The fraction of sp³-hybridized carbons (Fsp3) is 0.0377. The molecule has 12 rings (SSSR count). The summed E-state index contributed by atoms with van der Waals surface area (Å²) < 4.78 is 12.8. The lowest BCUT2D eigenvalue weighted by Gasteiger charge is -2.18. The van der Waals surface area contributed by atoms with E-state index in [1.807, 2.05) is 48.5 Å². The van der Waals surface area contributed by atoms with Crippen LogP contribution < -0.4 is 0 Å². The number of benzene rings is 7. The normalized spacial score (nSPS) is 14.3. The highest BCUT2D eigenvalue weighted by molar-refractivity contribution is 6.28. The predicted molar refractivity (Wildman–Crippen MR) is 237 cm³/mol. The van der Waals surface area contributed by atoms with Crippen molar-refractivity contribution in [2.24, 2.45) is 0 Å². The van der Waals surface area contributed by atoms with Crippen LogP contribution in [0.25, 0.3) is 105 Å². The Morgan fingerprint density at radius 2 is 1.16 bits per heavy atom. The minimum atomic E-state index is 0.187. The topological polar surface area (TPSA) is 65.0 Å². The lowest BCUT2D eigenvalue weighted by atomic mass is 9.88. The van der Waals surface area contributed by atoms with Gasteiger partial charge in [-0.05, 0) is 66.1 Å². The van der Waals surface area contributed by atoms with E-state index < -0.39 is 0 Å². The van der Waals surface area contributed by atoms with Crippen molar-refractivity contribution in [3.05, 3.63) is 193 Å². The number of allylic oxidation sites excluding steroid dienone is 4. The SMILES string of the molecule is C1=CC(c2ccc3oc4ccc5c(-c6ccccc6)nc6ccccc6c5c4c3c2)CC=C1c1cc(-c2cccc3oc4ccccc4c23)nc(-c2ccccc2)n1. The van der Waals surface area contributed by atoms with Crippen LogP contribution in [-0.4, -0.2) is 15.0 Å². The quantitative estimate of drug-likeness (QED) is 0.164. The Morgan fingerprint density at radius 1 is 0.466 bits per heavy atom. The summed E-state index contributed by atoms with van der Waals surface area (Å²) in [6.45, 7) is 0. The Balaban J connectivity index is 0.961. The van der Waals surface area contributed by atoms with Gasteiger partial charge in [-0.25, -0.2) is 15.0 Å². The van der Waals surface area contributed by atoms with Crippen molar-refractivity contribution < 1.29 is 8.83 Å². The minimum Gasteiger partial charge on any atom is -0.456 e. The molecule has 1 atom stereocenters. The van der Waals surface area contributed by atoms with Gasteiger partial charge in [-0.3, -0.25) is 0 Å². The zero-order valence-electron chi connectivity index (χ0n) is 31.3. The van der Waals surface area contributed by atoms with Gasteiger partial charge in [0.25, 0.3) is 0 Å². The molecular weight excluding hydrogens is 711 g/mol. The third kappa shape index (κ3) is 5.21. The van der Waals surface area contributed by atoms with Crippen molar-refractivity contribution in [2.75, 3.05) is 0 Å². The van der Waals surface area contributed by atoms with E-state index in [4.69, 9.17) is 23.8 Å². The highest BCUT2D eigenvalue weighted by Gasteiger charge is 2.21. The van der Waals surface area contributed by atoms with Gasteiger partial charge in [-0.15, -0.1) is 0 Å². The van der Waals surface area contributed by atoms with Crippen molar-refractivity contribution in [1.29, 1.82) is 0 Å². The Morgan fingerprint density at radius 3 is 1.98 bits per heavy atom. The van der Waals surface area contributed by atoms with E-state index in [1.54, 1.807) is 0 Å². The average molecular weight is 744 g/mol. The van der Waals surface area contributed by atoms with Crippen LogP contribution in [-0.2, 0) is 0 Å².